The van der Waals surface area contributed by atoms with Crippen LogP contribution < -0.4 is 5.32 Å². The average Bonchev–Trinajstić information content (AvgIpc) is 2.84. The Morgan fingerprint density at radius 3 is 3.15 bits per heavy atom. The van der Waals surface area contributed by atoms with Crippen molar-refractivity contribution >= 4 is 17.1 Å². The van der Waals surface area contributed by atoms with Crippen molar-refractivity contribution in [2.24, 2.45) is 0 Å². The summed E-state index contributed by atoms with van der Waals surface area (Å²) in [7, 11) is 1.79. The highest BCUT2D eigenvalue weighted by Crippen LogP contribution is 2.41. The number of hydrogen-bond acceptors (Lipinski definition) is 4. The molecule has 1 fully saturated rings. The second kappa shape index (κ2) is 3.55. The quantitative estimate of drug-likeness (QED) is 0.741. The number of aromatic nitrogens is 1. The van der Waals surface area contributed by atoms with Crippen molar-refractivity contribution < 1.29 is 4.79 Å². The Labute approximate surface area is 81.2 Å². The monoisotopic (exact) mass is 196 g/mol. The van der Waals surface area contributed by atoms with Gasteiger partial charge in [-0.1, -0.05) is 0 Å². The zero-order valence-electron chi connectivity index (χ0n) is 7.54. The highest BCUT2D eigenvalue weighted by Gasteiger charge is 2.30. The highest BCUT2D eigenvalue weighted by atomic mass is 32.1. The lowest BCUT2D eigenvalue weighted by Gasteiger charge is -1.98. The predicted octanol–water partition coefficient (Wildman–Crippen LogP) is 1.42. The number of ketones is 1. The van der Waals surface area contributed by atoms with E-state index >= 15 is 0 Å². The number of likely N-dealkylation sites (N-methyl/N-ethyl adjacent to an activating group) is 1. The van der Waals surface area contributed by atoms with Gasteiger partial charge in [0.25, 0.3) is 0 Å². The number of hydrogen-bond donors (Lipinski definition) is 1. The van der Waals surface area contributed by atoms with Crippen LogP contribution in [0.2, 0.25) is 0 Å². The number of nitrogens with zero attached hydrogens (tertiary/aromatic N) is 1. The third kappa shape index (κ3) is 1.78. The lowest BCUT2D eigenvalue weighted by atomic mass is 10.2. The smallest absolute Gasteiger partial charge is 0.188 e. The summed E-state index contributed by atoms with van der Waals surface area (Å²) in [5.41, 5.74) is 2.81. The van der Waals surface area contributed by atoms with Gasteiger partial charge in [0.1, 0.15) is 0 Å². The first-order valence-corrected chi connectivity index (χ1v) is 5.32. The minimum Gasteiger partial charge on any atom is -0.313 e. The molecule has 1 aromatic heterocycles. The summed E-state index contributed by atoms with van der Waals surface area (Å²) in [4.78, 5) is 16.7. The molecule has 1 saturated carbocycles. The molecule has 0 spiro atoms. The maximum absolute atomic E-state index is 11.6. The molecule has 1 aromatic rings. The van der Waals surface area contributed by atoms with Crippen LogP contribution in [0.5, 0.6) is 0 Å². The van der Waals surface area contributed by atoms with Gasteiger partial charge in [-0.25, -0.2) is 4.98 Å². The Morgan fingerprint density at radius 1 is 1.77 bits per heavy atom. The Bertz CT molecular complexity index is 317. The predicted molar refractivity (Wildman–Crippen MR) is 52.3 cm³/mol. The number of carbonyl (C=O) groups is 1. The van der Waals surface area contributed by atoms with Crippen molar-refractivity contribution in [3.8, 4) is 0 Å². The summed E-state index contributed by atoms with van der Waals surface area (Å²) in [6.07, 6.45) is 2.40. The molecule has 0 unspecified atom stereocenters. The molecular weight excluding hydrogens is 184 g/mol. The molecule has 0 aliphatic heterocycles. The fourth-order valence-electron chi connectivity index (χ4n) is 1.35. The van der Waals surface area contributed by atoms with E-state index in [1.165, 1.54) is 24.2 Å². The highest BCUT2D eigenvalue weighted by molar-refractivity contribution is 7.12. The molecule has 70 valence electrons. The zero-order valence-corrected chi connectivity index (χ0v) is 8.36. The van der Waals surface area contributed by atoms with Gasteiger partial charge in [-0.05, 0) is 19.9 Å². The van der Waals surface area contributed by atoms with Crippen molar-refractivity contribution in [2.75, 3.05) is 13.6 Å². The second-order valence-electron chi connectivity index (χ2n) is 3.29. The van der Waals surface area contributed by atoms with Crippen LogP contribution in [-0.4, -0.2) is 24.4 Å². The van der Waals surface area contributed by atoms with Gasteiger partial charge in [0.2, 0.25) is 0 Å². The first-order chi connectivity index (χ1) is 6.33. The minimum absolute atomic E-state index is 0.173. The van der Waals surface area contributed by atoms with Gasteiger partial charge in [-0.15, -0.1) is 11.3 Å². The van der Waals surface area contributed by atoms with Gasteiger partial charge in [0.05, 0.1) is 22.6 Å². The molecule has 0 saturated heterocycles. The van der Waals surface area contributed by atoms with Gasteiger partial charge in [-0.3, -0.25) is 4.79 Å². The van der Waals surface area contributed by atoms with Gasteiger partial charge in [0, 0.05) is 5.92 Å². The normalized spacial score (nSPS) is 16.1. The molecule has 3 nitrogen and oxygen atoms in total. The van der Waals surface area contributed by atoms with Gasteiger partial charge in [-0.2, -0.15) is 0 Å². The van der Waals surface area contributed by atoms with Crippen molar-refractivity contribution in [3.63, 3.8) is 0 Å². The first kappa shape index (κ1) is 8.84. The maximum Gasteiger partial charge on any atom is 0.188 e. The molecule has 0 aromatic carbocycles. The molecular formula is C9H12N2OS. The first-order valence-electron chi connectivity index (χ1n) is 4.44. The lowest BCUT2D eigenvalue weighted by Crippen LogP contribution is -2.18. The summed E-state index contributed by atoms with van der Waals surface area (Å²) in [5.74, 6) is 0.744. The molecule has 13 heavy (non-hydrogen) atoms. The van der Waals surface area contributed by atoms with Crippen LogP contribution in [0.15, 0.2) is 5.51 Å². The fourth-order valence-corrected chi connectivity index (χ4v) is 2.17. The van der Waals surface area contributed by atoms with Gasteiger partial charge >= 0.3 is 0 Å². The summed E-state index contributed by atoms with van der Waals surface area (Å²) in [6, 6.07) is 0. The number of carbonyl (C=O) groups excluding carboxylic acids is 1. The largest absolute Gasteiger partial charge is 0.313 e. The SMILES string of the molecule is CNCC(=O)c1scnc1C1CC1. The number of Topliss-reactive ketones (excluding diaryl/α,β-unsaturated/α-hetero) is 1. The zero-order chi connectivity index (χ0) is 9.26. The van der Waals surface area contributed by atoms with Gasteiger partial charge in [0.15, 0.2) is 5.78 Å². The van der Waals surface area contributed by atoms with E-state index < -0.39 is 0 Å². The van der Waals surface area contributed by atoms with Crippen molar-refractivity contribution in [3.05, 3.63) is 16.1 Å². The Kier molecular flexibility index (Phi) is 2.42. The summed E-state index contributed by atoms with van der Waals surface area (Å²) in [5, 5.41) is 2.87. The Hall–Kier alpha value is -0.740. The van der Waals surface area contributed by atoms with Crippen LogP contribution in [0.1, 0.15) is 34.1 Å². The van der Waals surface area contributed by atoms with Crippen LogP contribution in [0, 0.1) is 0 Å². The van der Waals surface area contributed by atoms with Crippen LogP contribution >= 0.6 is 11.3 Å². The molecule has 0 atom stereocenters. The molecule has 0 radical (unpaired) electrons. The van der Waals surface area contributed by atoms with Crippen LogP contribution in [0.3, 0.4) is 0 Å². The molecule has 0 bridgehead atoms. The van der Waals surface area contributed by atoms with Crippen LogP contribution in [0.4, 0.5) is 0 Å². The van der Waals surface area contributed by atoms with Crippen LogP contribution in [0.25, 0.3) is 0 Å². The fraction of sp³-hybridized carbons (Fsp3) is 0.556. The molecule has 1 aliphatic carbocycles. The summed E-state index contributed by atoms with van der Waals surface area (Å²) in [6.45, 7) is 0.419. The second-order valence-corrected chi connectivity index (χ2v) is 4.15. The molecule has 1 heterocycles. The van der Waals surface area contributed by atoms with Crippen LogP contribution in [-0.2, 0) is 0 Å². The van der Waals surface area contributed by atoms with E-state index in [1.807, 2.05) is 0 Å². The van der Waals surface area contributed by atoms with E-state index in [4.69, 9.17) is 0 Å². The van der Waals surface area contributed by atoms with Crippen molar-refractivity contribution in [1.82, 2.24) is 10.3 Å². The lowest BCUT2D eigenvalue weighted by molar-refractivity contribution is 0.0996. The molecule has 1 N–H and O–H groups in total. The van der Waals surface area contributed by atoms with Crippen molar-refractivity contribution in [2.45, 2.75) is 18.8 Å². The number of rotatable bonds is 4. The third-order valence-corrected chi connectivity index (χ3v) is 3.03. The van der Waals surface area contributed by atoms with E-state index in [9.17, 15) is 4.79 Å². The van der Waals surface area contributed by atoms with E-state index in [0.29, 0.717) is 12.5 Å². The number of thiazole rings is 1. The Balaban J connectivity index is 2.18. The van der Waals surface area contributed by atoms with E-state index in [2.05, 4.69) is 10.3 Å². The molecule has 4 heteroatoms. The van der Waals surface area contributed by atoms with Crippen molar-refractivity contribution in [1.29, 1.82) is 0 Å². The summed E-state index contributed by atoms with van der Waals surface area (Å²) >= 11 is 1.47. The third-order valence-electron chi connectivity index (χ3n) is 2.15. The number of nitrogens with one attached hydrogen (secondary N) is 1. The average molecular weight is 196 g/mol. The van der Waals surface area contributed by atoms with E-state index in [1.54, 1.807) is 12.6 Å². The van der Waals surface area contributed by atoms with E-state index in [-0.39, 0.29) is 5.78 Å². The molecule has 2 rings (SSSR count). The summed E-state index contributed by atoms with van der Waals surface area (Å²) < 4.78 is 0. The standard InChI is InChI=1S/C9H12N2OS/c1-10-4-7(12)9-8(6-2-3-6)11-5-13-9/h5-6,10H,2-4H2,1H3. The van der Waals surface area contributed by atoms with Gasteiger partial charge < -0.3 is 5.32 Å². The topological polar surface area (TPSA) is 42.0 Å². The minimum atomic E-state index is 0.173. The molecule has 0 amide bonds. The maximum atomic E-state index is 11.6. The molecule has 1 aliphatic rings. The van der Waals surface area contributed by atoms with E-state index in [0.717, 1.165) is 10.6 Å². The Morgan fingerprint density at radius 2 is 2.54 bits per heavy atom.